The Balaban J connectivity index is 2.11. The minimum atomic E-state index is -1.31. The zero-order valence-corrected chi connectivity index (χ0v) is 12.9. The highest BCUT2D eigenvalue weighted by molar-refractivity contribution is 5.81. The summed E-state index contributed by atoms with van der Waals surface area (Å²) in [5.74, 6) is -0.421. The van der Waals surface area contributed by atoms with Gasteiger partial charge in [-0.3, -0.25) is 14.9 Å². The van der Waals surface area contributed by atoms with E-state index in [1.165, 1.54) is 24.3 Å². The van der Waals surface area contributed by atoms with Crippen LogP contribution in [-0.2, 0) is 9.53 Å². The Morgan fingerprint density at radius 3 is 2.40 bits per heavy atom. The fourth-order valence-corrected chi connectivity index (χ4v) is 1.43. The van der Waals surface area contributed by atoms with Crippen LogP contribution in [0.5, 0.6) is 5.75 Å². The van der Waals surface area contributed by atoms with Gasteiger partial charge in [0, 0.05) is 18.7 Å². The van der Waals surface area contributed by atoms with Crippen molar-refractivity contribution < 1.29 is 33.9 Å². The molecule has 12 nitrogen and oxygen atoms in total. The first-order valence-corrected chi connectivity index (χ1v) is 6.90. The lowest BCUT2D eigenvalue weighted by Gasteiger charge is -2.08. The van der Waals surface area contributed by atoms with Crippen molar-refractivity contribution in [3.05, 3.63) is 34.4 Å². The van der Waals surface area contributed by atoms with Crippen molar-refractivity contribution in [2.45, 2.75) is 0 Å². The van der Waals surface area contributed by atoms with E-state index in [4.69, 9.17) is 14.6 Å². The van der Waals surface area contributed by atoms with Gasteiger partial charge in [-0.15, -0.1) is 0 Å². The Hall–Kier alpha value is -3.41. The summed E-state index contributed by atoms with van der Waals surface area (Å²) in [4.78, 5) is 42.6. The molecule has 0 saturated carbocycles. The fourth-order valence-electron chi connectivity index (χ4n) is 1.43. The molecule has 25 heavy (non-hydrogen) atoms. The zero-order valence-electron chi connectivity index (χ0n) is 12.9. The van der Waals surface area contributed by atoms with Crippen LogP contribution < -0.4 is 20.7 Å². The molecule has 0 aromatic heterocycles. The molecule has 0 bridgehead atoms. The van der Waals surface area contributed by atoms with Gasteiger partial charge < -0.3 is 30.5 Å². The predicted molar refractivity (Wildman–Crippen MR) is 82.1 cm³/mol. The molecule has 12 heteroatoms. The van der Waals surface area contributed by atoms with Gasteiger partial charge in [-0.1, -0.05) is 0 Å². The summed E-state index contributed by atoms with van der Waals surface area (Å²) in [6, 6.07) is 4.98. The highest BCUT2D eigenvalue weighted by atomic mass is 16.6. The molecule has 0 atom stereocenters. The van der Waals surface area contributed by atoms with Crippen molar-refractivity contribution >= 4 is 23.8 Å². The quantitative estimate of drug-likeness (QED) is 0.208. The molecule has 0 unspecified atom stereocenters. The number of amides is 3. The number of carbonyl (C=O) groups excluding carboxylic acids is 2. The molecule has 0 saturated heterocycles. The summed E-state index contributed by atoms with van der Waals surface area (Å²) in [6.45, 7) is -0.380. The first-order chi connectivity index (χ1) is 11.9. The number of rotatable bonds is 9. The fraction of sp³-hybridized carbons (Fsp3) is 0.308. The highest BCUT2D eigenvalue weighted by Gasteiger charge is 2.07. The van der Waals surface area contributed by atoms with E-state index in [1.807, 2.05) is 5.32 Å². The Labute approximate surface area is 141 Å². The SMILES string of the molecule is O=C(O)NCC(=O)NCOCCNC(=O)Oc1ccc([N+](=O)[O-])cc1. The molecule has 0 radical (unpaired) electrons. The van der Waals surface area contributed by atoms with E-state index in [2.05, 4.69) is 10.6 Å². The van der Waals surface area contributed by atoms with E-state index < -0.39 is 29.6 Å². The maximum Gasteiger partial charge on any atom is 0.412 e. The Morgan fingerprint density at radius 2 is 1.80 bits per heavy atom. The molecular weight excluding hydrogens is 340 g/mol. The molecule has 0 aliphatic carbocycles. The molecule has 1 rings (SSSR count). The molecule has 0 aliphatic rings. The van der Waals surface area contributed by atoms with Gasteiger partial charge in [-0.05, 0) is 12.1 Å². The summed E-state index contributed by atoms with van der Waals surface area (Å²) < 4.78 is 9.89. The number of hydrogen-bond donors (Lipinski definition) is 4. The summed E-state index contributed by atoms with van der Waals surface area (Å²) in [5.41, 5.74) is -0.123. The van der Waals surface area contributed by atoms with Gasteiger partial charge >= 0.3 is 12.2 Å². The van der Waals surface area contributed by atoms with Crippen LogP contribution in [0.25, 0.3) is 0 Å². The monoisotopic (exact) mass is 356 g/mol. The molecular formula is C13H16N4O8. The number of nitro benzene ring substituents is 1. The molecule has 0 heterocycles. The first-order valence-electron chi connectivity index (χ1n) is 6.90. The van der Waals surface area contributed by atoms with Gasteiger partial charge in [-0.25, -0.2) is 9.59 Å². The van der Waals surface area contributed by atoms with E-state index >= 15 is 0 Å². The van der Waals surface area contributed by atoms with Crippen molar-refractivity contribution in [2.75, 3.05) is 26.4 Å². The van der Waals surface area contributed by atoms with Gasteiger partial charge in [0.05, 0.1) is 11.5 Å². The number of ether oxygens (including phenoxy) is 2. The van der Waals surface area contributed by atoms with E-state index in [0.29, 0.717) is 0 Å². The number of hydrogen-bond acceptors (Lipinski definition) is 7. The van der Waals surface area contributed by atoms with Gasteiger partial charge in [0.15, 0.2) is 0 Å². The second-order valence-corrected chi connectivity index (χ2v) is 4.38. The molecule has 136 valence electrons. The highest BCUT2D eigenvalue weighted by Crippen LogP contribution is 2.17. The number of benzene rings is 1. The third kappa shape index (κ3) is 8.71. The smallest absolute Gasteiger partial charge is 0.412 e. The topological polar surface area (TPSA) is 169 Å². The third-order valence-electron chi connectivity index (χ3n) is 2.55. The minimum Gasteiger partial charge on any atom is -0.465 e. The number of non-ortho nitro benzene ring substituents is 1. The average molecular weight is 356 g/mol. The van der Waals surface area contributed by atoms with E-state index in [0.717, 1.165) is 0 Å². The molecule has 0 spiro atoms. The van der Waals surface area contributed by atoms with Crippen molar-refractivity contribution in [3.63, 3.8) is 0 Å². The normalized spacial score (nSPS) is 9.76. The van der Waals surface area contributed by atoms with Crippen LogP contribution in [-0.4, -0.2) is 54.6 Å². The van der Waals surface area contributed by atoms with E-state index in [-0.39, 0.29) is 31.3 Å². The standard InChI is InChI=1S/C13H16N4O8/c18-11(7-15-12(19)20)16-8-24-6-5-14-13(21)25-10-3-1-9(2-4-10)17(22)23/h1-4,15H,5-8H2,(H,14,21)(H,16,18)(H,19,20). The van der Waals surface area contributed by atoms with Gasteiger partial charge in [0.2, 0.25) is 5.91 Å². The molecule has 0 aliphatic heterocycles. The summed E-state index contributed by atoms with van der Waals surface area (Å²) in [5, 5.41) is 25.3. The van der Waals surface area contributed by atoms with Crippen LogP contribution in [0.2, 0.25) is 0 Å². The van der Waals surface area contributed by atoms with E-state index in [1.54, 1.807) is 0 Å². The van der Waals surface area contributed by atoms with Crippen LogP contribution in [0.3, 0.4) is 0 Å². The summed E-state index contributed by atoms with van der Waals surface area (Å²) >= 11 is 0. The lowest BCUT2D eigenvalue weighted by molar-refractivity contribution is -0.384. The summed E-state index contributed by atoms with van der Waals surface area (Å²) in [6.07, 6.45) is -2.08. The van der Waals surface area contributed by atoms with Crippen LogP contribution in [0.1, 0.15) is 0 Å². The maximum atomic E-state index is 11.5. The van der Waals surface area contributed by atoms with Crippen LogP contribution >= 0.6 is 0 Å². The number of nitrogens with one attached hydrogen (secondary N) is 3. The molecule has 1 aromatic rings. The van der Waals surface area contributed by atoms with E-state index in [9.17, 15) is 24.5 Å². The molecule has 0 fully saturated rings. The number of carboxylic acid groups (broad SMARTS) is 1. The Bertz CT molecular complexity index is 619. The molecule has 3 amide bonds. The number of nitro groups is 1. The maximum absolute atomic E-state index is 11.5. The molecule has 4 N–H and O–H groups in total. The number of nitrogens with zero attached hydrogens (tertiary/aromatic N) is 1. The Kier molecular flexibility index (Phi) is 8.15. The van der Waals surface area contributed by atoms with Crippen LogP contribution in [0.4, 0.5) is 15.3 Å². The van der Waals surface area contributed by atoms with Crippen LogP contribution in [0.15, 0.2) is 24.3 Å². The predicted octanol–water partition coefficient (Wildman–Crippen LogP) is 0.0411. The third-order valence-corrected chi connectivity index (χ3v) is 2.55. The van der Waals surface area contributed by atoms with Gasteiger partial charge in [0.25, 0.3) is 5.69 Å². The van der Waals surface area contributed by atoms with Crippen molar-refractivity contribution in [2.24, 2.45) is 0 Å². The first kappa shape index (κ1) is 19.6. The minimum absolute atomic E-state index is 0.0714. The van der Waals surface area contributed by atoms with Crippen molar-refractivity contribution in [3.8, 4) is 5.75 Å². The van der Waals surface area contributed by atoms with Gasteiger partial charge in [-0.2, -0.15) is 0 Å². The molecule has 1 aromatic carbocycles. The van der Waals surface area contributed by atoms with Crippen LogP contribution in [0, 0.1) is 10.1 Å². The second kappa shape index (κ2) is 10.4. The largest absolute Gasteiger partial charge is 0.465 e. The zero-order chi connectivity index (χ0) is 18.7. The lowest BCUT2D eigenvalue weighted by atomic mass is 10.3. The second-order valence-electron chi connectivity index (χ2n) is 4.38. The van der Waals surface area contributed by atoms with Crippen molar-refractivity contribution in [1.82, 2.24) is 16.0 Å². The van der Waals surface area contributed by atoms with Crippen molar-refractivity contribution in [1.29, 1.82) is 0 Å². The Morgan fingerprint density at radius 1 is 1.12 bits per heavy atom. The number of carbonyl (C=O) groups is 3. The lowest BCUT2D eigenvalue weighted by Crippen LogP contribution is -2.38. The summed E-state index contributed by atoms with van der Waals surface area (Å²) in [7, 11) is 0. The average Bonchev–Trinajstić information content (AvgIpc) is 2.56. The van der Waals surface area contributed by atoms with Gasteiger partial charge in [0.1, 0.15) is 19.0 Å².